The van der Waals surface area contributed by atoms with E-state index in [0.717, 1.165) is 5.69 Å². The van der Waals surface area contributed by atoms with Gasteiger partial charge >= 0.3 is 0 Å². The summed E-state index contributed by atoms with van der Waals surface area (Å²) in [6, 6.07) is 5.54. The molecule has 0 saturated heterocycles. The Morgan fingerprint density at radius 1 is 1.25 bits per heavy atom. The van der Waals surface area contributed by atoms with Gasteiger partial charge in [0.05, 0.1) is 0 Å². The van der Waals surface area contributed by atoms with Crippen LogP contribution in [0.5, 0.6) is 0 Å². The van der Waals surface area contributed by atoms with Gasteiger partial charge in [-0.2, -0.15) is 0 Å². The minimum absolute atomic E-state index is 0.101. The van der Waals surface area contributed by atoms with Gasteiger partial charge in [0.25, 0.3) is 0 Å². The molecule has 0 fully saturated rings. The van der Waals surface area contributed by atoms with E-state index >= 15 is 0 Å². The second-order valence-electron chi connectivity index (χ2n) is 7.15. The summed E-state index contributed by atoms with van der Waals surface area (Å²) in [5.74, 6) is 1.51. The Balaban J connectivity index is 2.08. The van der Waals surface area contributed by atoms with Gasteiger partial charge in [0.2, 0.25) is 11.9 Å². The van der Waals surface area contributed by atoms with Gasteiger partial charge in [0, 0.05) is 18.2 Å². The number of amides is 1. The summed E-state index contributed by atoms with van der Waals surface area (Å²) in [6.45, 7) is 9.76. The van der Waals surface area contributed by atoms with E-state index in [9.17, 15) is 4.79 Å². The molecule has 0 aromatic carbocycles. The number of anilines is 1. The van der Waals surface area contributed by atoms with Crippen LogP contribution in [0, 0.1) is 19.3 Å². The first-order valence-corrected chi connectivity index (χ1v) is 7.82. The van der Waals surface area contributed by atoms with Gasteiger partial charge in [0.1, 0.15) is 11.3 Å². The van der Waals surface area contributed by atoms with Crippen LogP contribution in [0.1, 0.15) is 38.6 Å². The summed E-state index contributed by atoms with van der Waals surface area (Å²) in [4.78, 5) is 21.4. The van der Waals surface area contributed by atoms with Crippen molar-refractivity contribution in [1.29, 1.82) is 0 Å². The van der Waals surface area contributed by atoms with Gasteiger partial charge in [-0.25, -0.2) is 14.5 Å². The Morgan fingerprint density at radius 2 is 2.00 bits per heavy atom. The third-order valence-corrected chi connectivity index (χ3v) is 3.43. The van der Waals surface area contributed by atoms with Gasteiger partial charge < -0.3 is 4.52 Å². The minimum atomic E-state index is -0.111. The van der Waals surface area contributed by atoms with Crippen molar-refractivity contribution in [1.82, 2.24) is 19.7 Å². The van der Waals surface area contributed by atoms with E-state index in [0.29, 0.717) is 35.1 Å². The molecule has 1 N–H and O–H groups in total. The molecule has 0 aliphatic rings. The van der Waals surface area contributed by atoms with Crippen molar-refractivity contribution in [2.24, 2.45) is 5.41 Å². The molecule has 0 unspecified atom stereocenters. The first kappa shape index (κ1) is 16.2. The summed E-state index contributed by atoms with van der Waals surface area (Å²) in [6.07, 6.45) is 0.389. The molecule has 0 aliphatic carbocycles. The lowest BCUT2D eigenvalue weighted by molar-refractivity contribution is -0.117. The number of aryl methyl sites for hydroxylation is 2. The average Bonchev–Trinajstić information content (AvgIpc) is 2.99. The SMILES string of the molecule is Cc1ccc2nc(NC(=O)CC(C)(C)C)n(-c3cc(C)on3)c2n1. The molecule has 3 heterocycles. The van der Waals surface area contributed by atoms with Crippen molar-refractivity contribution in [2.45, 2.75) is 41.0 Å². The summed E-state index contributed by atoms with van der Waals surface area (Å²) in [7, 11) is 0. The molecule has 0 atom stereocenters. The van der Waals surface area contributed by atoms with E-state index in [2.05, 4.69) is 20.4 Å². The van der Waals surface area contributed by atoms with E-state index in [4.69, 9.17) is 4.52 Å². The Bertz CT molecular complexity index is 901. The van der Waals surface area contributed by atoms with Crippen molar-refractivity contribution >= 4 is 23.0 Å². The van der Waals surface area contributed by atoms with Crippen LogP contribution in [0.3, 0.4) is 0 Å². The summed E-state index contributed by atoms with van der Waals surface area (Å²) < 4.78 is 6.88. The number of hydrogen-bond acceptors (Lipinski definition) is 5. The number of pyridine rings is 1. The van der Waals surface area contributed by atoms with E-state index < -0.39 is 0 Å². The topological polar surface area (TPSA) is 85.8 Å². The van der Waals surface area contributed by atoms with Gasteiger partial charge in [-0.15, -0.1) is 0 Å². The molecule has 3 rings (SSSR count). The summed E-state index contributed by atoms with van der Waals surface area (Å²) in [5, 5.41) is 6.91. The quantitative estimate of drug-likeness (QED) is 0.797. The highest BCUT2D eigenvalue weighted by Crippen LogP contribution is 2.25. The maximum Gasteiger partial charge on any atom is 0.227 e. The number of fused-ring (bicyclic) bond motifs is 1. The van der Waals surface area contributed by atoms with E-state index in [1.165, 1.54) is 0 Å². The summed E-state index contributed by atoms with van der Waals surface area (Å²) in [5.41, 5.74) is 2.07. The Labute approximate surface area is 140 Å². The first-order chi connectivity index (χ1) is 11.2. The number of imidazole rings is 1. The molecule has 24 heavy (non-hydrogen) atoms. The van der Waals surface area contributed by atoms with E-state index in [-0.39, 0.29) is 11.3 Å². The van der Waals surface area contributed by atoms with Crippen molar-refractivity contribution < 1.29 is 9.32 Å². The lowest BCUT2D eigenvalue weighted by Crippen LogP contribution is -2.21. The third kappa shape index (κ3) is 3.29. The average molecular weight is 327 g/mol. The van der Waals surface area contributed by atoms with Gasteiger partial charge in [-0.3, -0.25) is 10.1 Å². The molecular weight excluding hydrogens is 306 g/mol. The maximum atomic E-state index is 12.3. The number of nitrogens with zero attached hydrogens (tertiary/aromatic N) is 4. The minimum Gasteiger partial charge on any atom is -0.360 e. The number of nitrogens with one attached hydrogen (secondary N) is 1. The molecule has 0 spiro atoms. The molecule has 0 radical (unpaired) electrons. The zero-order chi connectivity index (χ0) is 17.5. The molecule has 0 saturated carbocycles. The van der Waals surface area contributed by atoms with Gasteiger partial charge in [0.15, 0.2) is 11.5 Å². The van der Waals surface area contributed by atoms with Crippen LogP contribution < -0.4 is 5.32 Å². The number of aromatic nitrogens is 4. The molecule has 7 nitrogen and oxygen atoms in total. The first-order valence-electron chi connectivity index (χ1n) is 7.82. The zero-order valence-electron chi connectivity index (χ0n) is 14.5. The standard InChI is InChI=1S/C17H21N5O2/c1-10-6-7-12-15(18-10)22(13-8-11(2)24-21-13)16(19-12)20-14(23)9-17(3,4)5/h6-8H,9H2,1-5H3,(H,19,20,23). The zero-order valence-corrected chi connectivity index (χ0v) is 14.5. The highest BCUT2D eigenvalue weighted by molar-refractivity contribution is 5.92. The van der Waals surface area contributed by atoms with Crippen molar-refractivity contribution in [3.8, 4) is 5.82 Å². The predicted molar refractivity (Wildman–Crippen MR) is 91.1 cm³/mol. The van der Waals surface area contributed by atoms with Gasteiger partial charge in [-0.05, 0) is 31.4 Å². The van der Waals surface area contributed by atoms with E-state index in [1.54, 1.807) is 10.6 Å². The fourth-order valence-corrected chi connectivity index (χ4v) is 2.46. The van der Waals surface area contributed by atoms with Crippen LogP contribution >= 0.6 is 0 Å². The second-order valence-corrected chi connectivity index (χ2v) is 7.15. The Morgan fingerprint density at radius 3 is 2.62 bits per heavy atom. The normalized spacial score (nSPS) is 11.9. The van der Waals surface area contributed by atoms with Crippen LogP contribution in [-0.2, 0) is 4.79 Å². The predicted octanol–water partition coefficient (Wildman–Crippen LogP) is 3.40. The molecule has 7 heteroatoms. The lowest BCUT2D eigenvalue weighted by atomic mass is 9.92. The molecule has 3 aromatic heterocycles. The third-order valence-electron chi connectivity index (χ3n) is 3.43. The van der Waals surface area contributed by atoms with Crippen molar-refractivity contribution in [3.05, 3.63) is 29.7 Å². The fourth-order valence-electron chi connectivity index (χ4n) is 2.46. The number of rotatable bonds is 3. The van der Waals surface area contributed by atoms with Crippen LogP contribution in [0.2, 0.25) is 0 Å². The number of carbonyl (C=O) groups excluding carboxylic acids is 1. The maximum absolute atomic E-state index is 12.3. The summed E-state index contributed by atoms with van der Waals surface area (Å²) >= 11 is 0. The van der Waals surface area contributed by atoms with Crippen LogP contribution in [-0.4, -0.2) is 25.6 Å². The highest BCUT2D eigenvalue weighted by atomic mass is 16.5. The van der Waals surface area contributed by atoms with Crippen molar-refractivity contribution in [2.75, 3.05) is 5.32 Å². The van der Waals surface area contributed by atoms with E-state index in [1.807, 2.05) is 46.8 Å². The monoisotopic (exact) mass is 327 g/mol. The van der Waals surface area contributed by atoms with Crippen LogP contribution in [0.25, 0.3) is 17.0 Å². The molecular formula is C17H21N5O2. The van der Waals surface area contributed by atoms with Crippen LogP contribution in [0.4, 0.5) is 5.95 Å². The number of carbonyl (C=O) groups is 1. The van der Waals surface area contributed by atoms with Crippen LogP contribution in [0.15, 0.2) is 22.7 Å². The second kappa shape index (κ2) is 5.74. The van der Waals surface area contributed by atoms with Gasteiger partial charge in [-0.1, -0.05) is 25.9 Å². The smallest absolute Gasteiger partial charge is 0.227 e. The highest BCUT2D eigenvalue weighted by Gasteiger charge is 2.21. The Hall–Kier alpha value is -2.70. The number of hydrogen-bond donors (Lipinski definition) is 1. The fraction of sp³-hybridized carbons (Fsp3) is 0.412. The molecule has 3 aromatic rings. The van der Waals surface area contributed by atoms with Crippen molar-refractivity contribution in [3.63, 3.8) is 0 Å². The molecule has 0 bridgehead atoms. The molecule has 0 aliphatic heterocycles. The lowest BCUT2D eigenvalue weighted by Gasteiger charge is -2.17. The molecule has 126 valence electrons. The Kier molecular flexibility index (Phi) is 3.87. The molecule has 1 amide bonds. The largest absolute Gasteiger partial charge is 0.360 e.